The zero-order valence-corrected chi connectivity index (χ0v) is 12.2. The molecule has 0 spiro atoms. The van der Waals surface area contributed by atoms with Gasteiger partial charge in [0.25, 0.3) is 0 Å². The van der Waals surface area contributed by atoms with Gasteiger partial charge in [-0.15, -0.1) is 0 Å². The van der Waals surface area contributed by atoms with Gasteiger partial charge in [0.05, 0.1) is 6.04 Å². The van der Waals surface area contributed by atoms with Gasteiger partial charge >= 0.3 is 0 Å². The lowest BCUT2D eigenvalue weighted by Gasteiger charge is -2.14. The largest absolute Gasteiger partial charge is 0.320 e. The van der Waals surface area contributed by atoms with Crippen molar-refractivity contribution < 1.29 is 0 Å². The molecule has 0 amide bonds. The normalized spacial score (nSPS) is 12.4. The Morgan fingerprint density at radius 1 is 1.05 bits per heavy atom. The van der Waals surface area contributed by atoms with Crippen LogP contribution in [0.4, 0.5) is 0 Å². The molecular formula is C17H20ClN. The monoisotopic (exact) mass is 273 g/mol. The van der Waals surface area contributed by atoms with Crippen molar-refractivity contribution in [1.29, 1.82) is 0 Å². The number of benzene rings is 2. The summed E-state index contributed by atoms with van der Waals surface area (Å²) >= 11 is 6.09. The van der Waals surface area contributed by atoms with Crippen LogP contribution in [-0.2, 0) is 6.42 Å². The van der Waals surface area contributed by atoms with E-state index in [1.54, 1.807) is 0 Å². The van der Waals surface area contributed by atoms with Crippen molar-refractivity contribution in [2.45, 2.75) is 32.7 Å². The van der Waals surface area contributed by atoms with E-state index in [0.717, 1.165) is 28.1 Å². The molecule has 0 heterocycles. The average molecular weight is 274 g/mol. The van der Waals surface area contributed by atoms with E-state index >= 15 is 0 Å². The molecule has 0 aliphatic rings. The van der Waals surface area contributed by atoms with Crippen LogP contribution in [-0.4, -0.2) is 0 Å². The summed E-state index contributed by atoms with van der Waals surface area (Å²) in [5, 5.41) is 0.744. The maximum Gasteiger partial charge on any atom is 0.0552 e. The highest BCUT2D eigenvalue weighted by Gasteiger charge is 2.10. The van der Waals surface area contributed by atoms with Crippen molar-refractivity contribution in [2.24, 2.45) is 5.73 Å². The highest BCUT2D eigenvalue weighted by molar-refractivity contribution is 6.30. The first-order valence-corrected chi connectivity index (χ1v) is 7.09. The summed E-state index contributed by atoms with van der Waals surface area (Å²) in [5.74, 6) is 0. The summed E-state index contributed by atoms with van der Waals surface area (Å²) in [4.78, 5) is 0. The van der Waals surface area contributed by atoms with Crippen LogP contribution >= 0.6 is 11.6 Å². The Kier molecular flexibility index (Phi) is 4.62. The number of hydrogen-bond donors (Lipinski definition) is 1. The summed E-state index contributed by atoms with van der Waals surface area (Å²) in [6, 6.07) is 14.4. The van der Waals surface area contributed by atoms with Gasteiger partial charge < -0.3 is 5.73 Å². The summed E-state index contributed by atoms with van der Waals surface area (Å²) in [6.45, 7) is 4.22. The van der Waals surface area contributed by atoms with E-state index in [9.17, 15) is 0 Å². The van der Waals surface area contributed by atoms with Gasteiger partial charge in [-0.05, 0) is 47.7 Å². The highest BCUT2D eigenvalue weighted by atomic mass is 35.5. The Morgan fingerprint density at radius 2 is 1.74 bits per heavy atom. The molecule has 2 aromatic rings. The van der Waals surface area contributed by atoms with Crippen LogP contribution in [0, 0.1) is 6.92 Å². The average Bonchev–Trinajstić information content (AvgIpc) is 2.38. The fourth-order valence-electron chi connectivity index (χ4n) is 2.32. The van der Waals surface area contributed by atoms with E-state index in [0.29, 0.717) is 0 Å². The lowest BCUT2D eigenvalue weighted by molar-refractivity contribution is 0.864. The summed E-state index contributed by atoms with van der Waals surface area (Å²) in [7, 11) is 0. The predicted molar refractivity (Wildman–Crippen MR) is 82.7 cm³/mol. The summed E-state index contributed by atoms with van der Waals surface area (Å²) < 4.78 is 0. The topological polar surface area (TPSA) is 26.0 Å². The SMILES string of the molecule is CCCc1ccc(C(N)c2cc(C)cc(Cl)c2)cc1. The molecule has 2 N–H and O–H groups in total. The van der Waals surface area contributed by atoms with Gasteiger partial charge in [-0.2, -0.15) is 0 Å². The standard InChI is InChI=1S/C17H20ClN/c1-3-4-13-5-7-14(8-6-13)17(19)15-9-12(2)10-16(18)11-15/h5-11,17H,3-4,19H2,1-2H3. The van der Waals surface area contributed by atoms with E-state index in [2.05, 4.69) is 37.3 Å². The van der Waals surface area contributed by atoms with E-state index in [4.69, 9.17) is 17.3 Å². The lowest BCUT2D eigenvalue weighted by Crippen LogP contribution is -2.12. The van der Waals surface area contributed by atoms with Gasteiger partial charge in [0, 0.05) is 5.02 Å². The minimum atomic E-state index is -0.118. The van der Waals surface area contributed by atoms with Crippen LogP contribution < -0.4 is 5.73 Å². The summed E-state index contributed by atoms with van der Waals surface area (Å²) in [5.41, 5.74) is 11.0. The third-order valence-electron chi connectivity index (χ3n) is 3.30. The summed E-state index contributed by atoms with van der Waals surface area (Å²) in [6.07, 6.45) is 2.28. The zero-order valence-electron chi connectivity index (χ0n) is 11.5. The van der Waals surface area contributed by atoms with Gasteiger partial charge in [0.2, 0.25) is 0 Å². The molecule has 0 fully saturated rings. The van der Waals surface area contributed by atoms with E-state index in [-0.39, 0.29) is 6.04 Å². The van der Waals surface area contributed by atoms with Crippen molar-refractivity contribution >= 4 is 11.6 Å². The minimum absolute atomic E-state index is 0.118. The Balaban J connectivity index is 2.25. The molecule has 2 rings (SSSR count). The van der Waals surface area contributed by atoms with E-state index in [1.165, 1.54) is 12.0 Å². The van der Waals surface area contributed by atoms with Crippen molar-refractivity contribution in [3.63, 3.8) is 0 Å². The van der Waals surface area contributed by atoms with Gasteiger partial charge in [0.15, 0.2) is 0 Å². The molecule has 0 aliphatic heterocycles. The molecule has 0 bridgehead atoms. The van der Waals surface area contributed by atoms with Crippen molar-refractivity contribution in [2.75, 3.05) is 0 Å². The fourth-order valence-corrected chi connectivity index (χ4v) is 2.62. The van der Waals surface area contributed by atoms with Crippen LogP contribution in [0.25, 0.3) is 0 Å². The van der Waals surface area contributed by atoms with Crippen LogP contribution in [0.5, 0.6) is 0 Å². The van der Waals surface area contributed by atoms with Crippen LogP contribution in [0.15, 0.2) is 42.5 Å². The minimum Gasteiger partial charge on any atom is -0.320 e. The Bertz CT molecular complexity index is 525. The Labute approximate surface area is 120 Å². The molecule has 100 valence electrons. The van der Waals surface area contributed by atoms with Gasteiger partial charge in [-0.25, -0.2) is 0 Å². The Hall–Kier alpha value is -1.31. The maximum absolute atomic E-state index is 6.32. The van der Waals surface area contributed by atoms with E-state index in [1.807, 2.05) is 19.1 Å². The van der Waals surface area contributed by atoms with Crippen LogP contribution in [0.2, 0.25) is 5.02 Å². The van der Waals surface area contributed by atoms with Crippen molar-refractivity contribution in [3.05, 3.63) is 69.7 Å². The smallest absolute Gasteiger partial charge is 0.0552 e. The Morgan fingerprint density at radius 3 is 2.32 bits per heavy atom. The highest BCUT2D eigenvalue weighted by Crippen LogP contribution is 2.24. The number of aryl methyl sites for hydroxylation is 2. The van der Waals surface area contributed by atoms with Crippen LogP contribution in [0.1, 0.15) is 41.6 Å². The molecule has 2 heteroatoms. The number of halogens is 1. The maximum atomic E-state index is 6.32. The number of nitrogens with two attached hydrogens (primary N) is 1. The molecule has 1 nitrogen and oxygen atoms in total. The molecule has 2 aromatic carbocycles. The molecule has 1 unspecified atom stereocenters. The first-order valence-electron chi connectivity index (χ1n) is 6.71. The second-order valence-electron chi connectivity index (χ2n) is 5.03. The molecular weight excluding hydrogens is 254 g/mol. The lowest BCUT2D eigenvalue weighted by atomic mass is 9.97. The number of rotatable bonds is 4. The third-order valence-corrected chi connectivity index (χ3v) is 3.52. The van der Waals surface area contributed by atoms with Gasteiger partial charge in [0.1, 0.15) is 0 Å². The second kappa shape index (κ2) is 6.23. The molecule has 0 saturated heterocycles. The molecule has 0 saturated carbocycles. The van der Waals surface area contributed by atoms with Crippen molar-refractivity contribution in [3.8, 4) is 0 Å². The van der Waals surface area contributed by atoms with Crippen LogP contribution in [0.3, 0.4) is 0 Å². The predicted octanol–water partition coefficient (Wildman–Crippen LogP) is 4.65. The third kappa shape index (κ3) is 3.59. The van der Waals surface area contributed by atoms with Gasteiger partial charge in [-0.1, -0.05) is 55.3 Å². The first-order chi connectivity index (χ1) is 9.10. The quantitative estimate of drug-likeness (QED) is 0.862. The molecule has 0 aromatic heterocycles. The van der Waals surface area contributed by atoms with Gasteiger partial charge in [-0.3, -0.25) is 0 Å². The molecule has 0 radical (unpaired) electrons. The first kappa shape index (κ1) is 14.1. The zero-order chi connectivity index (χ0) is 13.8. The van der Waals surface area contributed by atoms with E-state index < -0.39 is 0 Å². The fraction of sp³-hybridized carbons (Fsp3) is 0.294. The molecule has 0 aliphatic carbocycles. The second-order valence-corrected chi connectivity index (χ2v) is 5.47. The molecule has 1 atom stereocenters. The molecule has 19 heavy (non-hydrogen) atoms. The number of hydrogen-bond acceptors (Lipinski definition) is 1. The van der Waals surface area contributed by atoms with Crippen molar-refractivity contribution in [1.82, 2.24) is 0 Å².